The predicted molar refractivity (Wildman–Crippen MR) is 436 cm³/mol. The Hall–Kier alpha value is -13.1. The number of ether oxygens (including phenoxy) is 8. The largest absolute Gasteiger partial charge is 0.543 e. The molecule has 11 rings (SSSR count). The summed E-state index contributed by atoms with van der Waals surface area (Å²) in [5.74, 6) is -31.1. The van der Waals surface area contributed by atoms with Crippen molar-refractivity contribution in [3.63, 3.8) is 0 Å². The highest BCUT2D eigenvalue weighted by molar-refractivity contribution is 14.1. The first-order valence-electron chi connectivity index (χ1n) is 37.3. The van der Waals surface area contributed by atoms with Crippen LogP contribution in [0.5, 0.6) is 34.7 Å². The highest BCUT2D eigenvalue weighted by Gasteiger charge is 2.62. The lowest BCUT2D eigenvalue weighted by Crippen LogP contribution is -2.53. The van der Waals surface area contributed by atoms with Crippen LogP contribution in [0.4, 0.5) is 110 Å². The van der Waals surface area contributed by atoms with Gasteiger partial charge in [-0.15, -0.1) is 0 Å². The molecule has 1 atom stereocenters. The Morgan fingerprint density at radius 1 is 0.394 bits per heavy atom. The number of hydrogen-bond acceptors (Lipinski definition) is 29. The van der Waals surface area contributed by atoms with Crippen LogP contribution in [0.3, 0.4) is 0 Å². The van der Waals surface area contributed by atoms with Gasteiger partial charge in [-0.05, 0) is 213 Å². The minimum atomic E-state index is -6.23. The minimum Gasteiger partial charge on any atom is -0.543 e. The molecule has 1 saturated carbocycles. The van der Waals surface area contributed by atoms with Gasteiger partial charge in [0.05, 0.1) is 19.8 Å². The molecule has 1 heterocycles. The number of aliphatic carboxylic acids is 8. The third-order valence-corrected chi connectivity index (χ3v) is 19.6. The lowest BCUT2D eigenvalue weighted by molar-refractivity contribution is -0.409. The molecule has 1 aliphatic rings. The van der Waals surface area contributed by atoms with Crippen LogP contribution < -0.4 is 69.3 Å². The van der Waals surface area contributed by atoms with Crippen molar-refractivity contribution in [3.05, 3.63) is 275 Å². The molecule has 0 saturated heterocycles. The van der Waals surface area contributed by atoms with E-state index in [2.05, 4.69) is 37.6 Å². The predicted octanol–water partition coefficient (Wildman–Crippen LogP) is 11.1. The van der Waals surface area contributed by atoms with E-state index in [9.17, 15) is 204 Å². The van der Waals surface area contributed by atoms with Gasteiger partial charge in [-0.3, -0.25) is 14.3 Å². The third-order valence-electron chi connectivity index (χ3n) is 16.5. The first kappa shape index (κ1) is 121. The molecule has 0 bridgehead atoms. The van der Waals surface area contributed by atoms with Gasteiger partial charge < -0.3 is 122 Å². The molecule has 0 spiro atoms. The van der Waals surface area contributed by atoms with E-state index < -0.39 is 166 Å². The van der Waals surface area contributed by atoms with Crippen molar-refractivity contribution in [1.29, 1.82) is 0 Å². The number of benzene rings is 9. The average Bonchev–Trinajstić information content (AvgIpc) is 1.53. The number of alkyl halides is 22. The maximum atomic E-state index is 13.2. The summed E-state index contributed by atoms with van der Waals surface area (Å²) >= 11 is 5.56. The Balaban J connectivity index is 0.000000345. The van der Waals surface area contributed by atoms with Crippen LogP contribution in [-0.4, -0.2) is 137 Å². The van der Waals surface area contributed by atoms with Crippen LogP contribution in [0.25, 0.3) is 10.8 Å². The van der Waals surface area contributed by atoms with Gasteiger partial charge in [-0.25, -0.2) is 13.2 Å². The Kier molecular flexibility index (Phi) is 43.6. The molecule has 10 aromatic rings. The van der Waals surface area contributed by atoms with Gasteiger partial charge in [-0.1, -0.05) is 121 Å². The highest BCUT2D eigenvalue weighted by Crippen LogP contribution is 2.43. The summed E-state index contributed by atoms with van der Waals surface area (Å²) in [4.78, 5) is 105. The van der Waals surface area contributed by atoms with Crippen LogP contribution >= 0.6 is 79.5 Å². The zero-order valence-corrected chi connectivity index (χ0v) is 76.7. The molecule has 1 unspecified atom stereocenters. The molecule has 1 N–H and O–H groups in total. The van der Waals surface area contributed by atoms with Gasteiger partial charge in [0.25, 0.3) is 12.1 Å². The van der Waals surface area contributed by atoms with Gasteiger partial charge in [0, 0.05) is 37.8 Å². The van der Waals surface area contributed by atoms with E-state index in [1.165, 1.54) is 54.6 Å². The number of hydrogen-bond donors (Lipinski definition) is 1. The third kappa shape index (κ3) is 38.4. The maximum absolute atomic E-state index is 13.2. The van der Waals surface area contributed by atoms with Gasteiger partial charge >= 0.3 is 66.3 Å². The number of ketones is 1. The quantitative estimate of drug-likeness (QED) is 0.0105. The second-order valence-electron chi connectivity index (χ2n) is 27.2. The highest BCUT2D eigenvalue weighted by atomic mass is 127. The van der Waals surface area contributed by atoms with E-state index in [1.807, 2.05) is 29.5 Å². The fourth-order valence-electron chi connectivity index (χ4n) is 10.1. The number of carbonyl (C=O) groups excluding carboxylic acids is 10. The number of carbonyl (C=O) groups is 10. The van der Waals surface area contributed by atoms with E-state index in [4.69, 9.17) is 4.74 Å². The van der Waals surface area contributed by atoms with Crippen molar-refractivity contribution < 1.29 is 246 Å². The summed E-state index contributed by atoms with van der Waals surface area (Å²) in [6.45, 7) is 1.86. The van der Waals surface area contributed by atoms with Gasteiger partial charge in [-0.2, -0.15) is 96.6 Å². The Labute approximate surface area is 822 Å². The van der Waals surface area contributed by atoms with Crippen LogP contribution in [0.1, 0.15) is 66.1 Å². The molecule has 0 radical (unpaired) electrons. The van der Waals surface area contributed by atoms with Crippen molar-refractivity contribution in [2.75, 3.05) is 0 Å². The fraction of sp³-hybridized carbons (Fsp3) is 0.224. The van der Waals surface area contributed by atoms with Gasteiger partial charge in [0.2, 0.25) is 0 Å². The molecule has 770 valence electrons. The Morgan fingerprint density at radius 2 is 0.754 bits per heavy atom. The number of rotatable bonds is 31. The number of carboxylic acid groups (broad SMARTS) is 8. The molecule has 0 amide bonds. The number of aliphatic hydroxyl groups is 1. The molecular formula is C85H52F25I3O28S-8. The molecule has 1 aliphatic carbocycles. The van der Waals surface area contributed by atoms with E-state index in [1.54, 1.807) is 167 Å². The summed E-state index contributed by atoms with van der Waals surface area (Å²) in [6, 6.07) is 50.8. The van der Waals surface area contributed by atoms with E-state index in [0.717, 1.165) is 71.2 Å². The van der Waals surface area contributed by atoms with Crippen molar-refractivity contribution in [2.45, 2.75) is 122 Å². The van der Waals surface area contributed by atoms with E-state index in [-0.39, 0.29) is 69.4 Å². The molecule has 1 aromatic heterocycles. The van der Waals surface area contributed by atoms with Crippen LogP contribution in [0.2, 0.25) is 0 Å². The number of esters is 1. The summed E-state index contributed by atoms with van der Waals surface area (Å²) < 4.78 is 346. The number of carboxylic acids is 8. The lowest BCUT2D eigenvalue weighted by atomic mass is 9.83. The number of halogens is 28. The second-order valence-corrected chi connectivity index (χ2v) is 31.9. The van der Waals surface area contributed by atoms with Crippen molar-refractivity contribution in [2.24, 2.45) is 0 Å². The van der Waals surface area contributed by atoms with Gasteiger partial charge in [0.1, 0.15) is 46.1 Å². The number of furan rings is 1. The first-order valence-corrected chi connectivity index (χ1v) is 41.3. The van der Waals surface area contributed by atoms with Crippen molar-refractivity contribution in [1.82, 2.24) is 0 Å². The normalized spacial score (nSPS) is 13.0. The van der Waals surface area contributed by atoms with Gasteiger partial charge in [0.15, 0.2) is 64.8 Å². The van der Waals surface area contributed by atoms with Crippen molar-refractivity contribution in [3.8, 4) is 34.7 Å². The summed E-state index contributed by atoms with van der Waals surface area (Å²) in [7, 11) is 0. The molecule has 9 aromatic carbocycles. The zero-order valence-electron chi connectivity index (χ0n) is 69.4. The Bertz CT molecular complexity index is 5900. The smallest absolute Gasteiger partial charge is 0.443 e. The van der Waals surface area contributed by atoms with Crippen LogP contribution in [0, 0.1) is 28.2 Å². The monoisotopic (exact) mass is 2410 g/mol. The van der Waals surface area contributed by atoms with Crippen molar-refractivity contribution >= 4 is 150 Å². The second kappa shape index (κ2) is 51.1. The lowest BCUT2D eigenvalue weighted by Gasteiger charge is -2.31. The molecule has 57 heteroatoms. The zero-order chi connectivity index (χ0) is 108. The van der Waals surface area contributed by atoms with E-state index in [0.29, 0.717) is 23.7 Å². The topological polar surface area (TPSA) is 462 Å². The Morgan fingerprint density at radius 3 is 1.16 bits per heavy atom. The summed E-state index contributed by atoms with van der Waals surface area (Å²) in [5.41, 5.74) is -0.990. The molecule has 28 nitrogen and oxygen atoms in total. The van der Waals surface area contributed by atoms with Crippen LogP contribution in [0.15, 0.2) is 234 Å². The first-order chi connectivity index (χ1) is 65.2. The number of thioether (sulfide) groups is 1. The molecule has 0 aliphatic heterocycles. The standard InChI is InChI=1S/C23H24F2O6.C15H10F2O4.C12H8F2O3.C8H3F5O3.C8H3F2I3O3.C8H6F2O2S.C6H4F2O4.C5H2F8O3/c1-21(13-5-6-14-21)31-19(26)15-22(29,16-7-3-2-4-8-16)17-9-11-18(12-10-17)30-23(24,25)20(27)28;16-15(17,14(19)20)21-12-8-6-11(7-9-12)13(18)10-4-2-1-3-5-10;13-12(14,11(15)16)17-10-6-5-8-3-1-2-4-9(8)7-10;9-4-1-3(2-5(10)6(4)11)16-8(12,13)7(14)15;9-8(10,7(14)15)16-6-4(12)1-3(11)2-5(6)13;9-8(10,7(11)12)13-6-4-2-1-3-5-6;7-6(8,5(9)10)12-4-2-1-3-11-4;6-3(7,8)1(4(9,10)11)16-5(12,13)2(14)15/h2-4,7-12,29H,5-6,13-15H2,1H3,(H,27,28);1-9H,(H,19,20);1-7H,(H,15,16);2*1-2H,(H,14,15);1-5H,(H,11,12);1-3H,(H,9,10);1H,(H,14,15)/p-8. The molecule has 1 fully saturated rings. The molecular weight excluding hydrogens is 2360 g/mol. The minimum absolute atomic E-state index is 0.0414. The average molecular weight is 2410 g/mol. The maximum Gasteiger partial charge on any atom is 0.443 e. The summed E-state index contributed by atoms with van der Waals surface area (Å²) in [5, 5.41) is 88.9. The fourth-order valence-corrected chi connectivity index (χ4v) is 14.6. The SMILES string of the molecule is CC1(OC(=O)CC(O)(c2ccccc2)c2ccc(OC(F)(F)C(=O)[O-])cc2)CCCC1.O=C([O-])C(F)(F)OC(C(F)(F)F)C(F)(F)F.O=C([O-])C(F)(F)Oc1c(I)cc(I)cc1I.O=C([O-])C(F)(F)Oc1cc(F)c(F)c(F)c1.O=C([O-])C(F)(F)Oc1ccc2ccccc2c1.O=C([O-])C(F)(F)Oc1ccco1.O=C([O-])C(F)(F)Sc1ccccc1.O=C(c1ccccc1)c1ccc(OC(F)(F)C(=O)[O-])cc1. The van der Waals surface area contributed by atoms with Crippen LogP contribution in [-0.2, 0) is 58.2 Å². The molecule has 142 heavy (non-hydrogen) atoms. The summed E-state index contributed by atoms with van der Waals surface area (Å²) in [6.07, 6.45) is -45.7. The van der Waals surface area contributed by atoms with E-state index >= 15 is 0 Å². The number of fused-ring (bicyclic) bond motifs is 1.